The lowest BCUT2D eigenvalue weighted by atomic mass is 9.68. The van der Waals surface area contributed by atoms with Gasteiger partial charge in [0.05, 0.1) is 0 Å². The maximum absolute atomic E-state index is 2.57. The molecule has 0 aromatic heterocycles. The van der Waals surface area contributed by atoms with Crippen molar-refractivity contribution in [1.82, 2.24) is 0 Å². The highest BCUT2D eigenvalue weighted by atomic mass is 14.7. The van der Waals surface area contributed by atoms with Crippen LogP contribution in [0.2, 0.25) is 0 Å². The molecular weight excluding hydrogens is 180 g/mol. The summed E-state index contributed by atoms with van der Waals surface area (Å²) in [5.74, 6) is 2.86. The molecule has 15 heavy (non-hydrogen) atoms. The van der Waals surface area contributed by atoms with E-state index in [0.717, 1.165) is 17.8 Å². The summed E-state index contributed by atoms with van der Waals surface area (Å²) in [7, 11) is 0. The molecule has 0 aliphatic heterocycles. The van der Waals surface area contributed by atoms with Gasteiger partial charge in [-0.3, -0.25) is 0 Å². The second-order valence-corrected chi connectivity index (χ2v) is 6.99. The van der Waals surface area contributed by atoms with Gasteiger partial charge in [0.2, 0.25) is 0 Å². The zero-order chi connectivity index (χ0) is 10.8. The fourth-order valence-corrected chi connectivity index (χ4v) is 5.35. The van der Waals surface area contributed by atoms with Crippen LogP contribution in [0, 0.1) is 28.6 Å². The van der Waals surface area contributed by atoms with Crippen molar-refractivity contribution in [2.75, 3.05) is 0 Å². The zero-order valence-electron chi connectivity index (χ0n) is 10.6. The minimum atomic E-state index is 0.571. The molecule has 0 nitrogen and oxygen atoms in total. The number of hydrogen-bond donors (Lipinski definition) is 0. The van der Waals surface area contributed by atoms with E-state index in [1.807, 2.05) is 0 Å². The van der Waals surface area contributed by atoms with Gasteiger partial charge in [-0.15, -0.1) is 0 Å². The molecule has 2 saturated carbocycles. The van der Waals surface area contributed by atoms with E-state index in [0.29, 0.717) is 10.8 Å². The first kappa shape index (κ1) is 9.93. The van der Waals surface area contributed by atoms with Gasteiger partial charge in [0.1, 0.15) is 0 Å². The highest BCUT2D eigenvalue weighted by Crippen LogP contribution is 2.71. The summed E-state index contributed by atoms with van der Waals surface area (Å²) in [5.41, 5.74) is 2.96. The van der Waals surface area contributed by atoms with Crippen LogP contribution in [0.1, 0.15) is 53.4 Å². The molecule has 4 atom stereocenters. The molecule has 3 aliphatic carbocycles. The van der Waals surface area contributed by atoms with Crippen LogP contribution in [0.3, 0.4) is 0 Å². The van der Waals surface area contributed by atoms with E-state index in [4.69, 9.17) is 0 Å². The zero-order valence-corrected chi connectivity index (χ0v) is 10.6. The molecule has 0 amide bonds. The van der Waals surface area contributed by atoms with E-state index in [2.05, 4.69) is 33.8 Å². The summed E-state index contributed by atoms with van der Waals surface area (Å²) in [6, 6.07) is 0. The van der Waals surface area contributed by atoms with Gasteiger partial charge >= 0.3 is 0 Å². The van der Waals surface area contributed by atoms with Crippen LogP contribution in [0.25, 0.3) is 0 Å². The van der Waals surface area contributed by atoms with Crippen LogP contribution in [0.15, 0.2) is 11.6 Å². The molecule has 3 aliphatic rings. The van der Waals surface area contributed by atoms with Crippen molar-refractivity contribution in [2.45, 2.75) is 53.4 Å². The van der Waals surface area contributed by atoms with Gasteiger partial charge < -0.3 is 0 Å². The molecule has 0 aromatic carbocycles. The lowest BCUT2D eigenvalue weighted by Crippen LogP contribution is -2.30. The predicted molar refractivity (Wildman–Crippen MR) is 64.6 cm³/mol. The largest absolute Gasteiger partial charge is 0.0847 e. The molecule has 2 bridgehead atoms. The van der Waals surface area contributed by atoms with Gasteiger partial charge in [0.15, 0.2) is 0 Å². The molecule has 0 N–H and O–H groups in total. The van der Waals surface area contributed by atoms with Gasteiger partial charge in [-0.1, -0.05) is 32.4 Å². The number of allylic oxidation sites excluding steroid dienone is 2. The van der Waals surface area contributed by atoms with Crippen LogP contribution < -0.4 is 0 Å². The summed E-state index contributed by atoms with van der Waals surface area (Å²) >= 11 is 0. The molecule has 0 saturated heterocycles. The third kappa shape index (κ3) is 0.990. The molecule has 0 heteroatoms. The Labute approximate surface area is 94.1 Å². The first-order chi connectivity index (χ1) is 6.98. The van der Waals surface area contributed by atoms with Crippen LogP contribution in [0.4, 0.5) is 0 Å². The Morgan fingerprint density at radius 1 is 1.27 bits per heavy atom. The van der Waals surface area contributed by atoms with E-state index in [1.54, 1.807) is 5.57 Å². The predicted octanol–water partition coefficient (Wildman–Crippen LogP) is 4.42. The van der Waals surface area contributed by atoms with Crippen molar-refractivity contribution >= 4 is 0 Å². The van der Waals surface area contributed by atoms with Crippen LogP contribution in [-0.2, 0) is 0 Å². The summed E-state index contributed by atoms with van der Waals surface area (Å²) in [5, 5.41) is 0. The van der Waals surface area contributed by atoms with Gasteiger partial charge in [-0.2, -0.15) is 0 Å². The summed E-state index contributed by atoms with van der Waals surface area (Å²) in [6.45, 7) is 9.94. The second-order valence-electron chi connectivity index (χ2n) is 6.99. The fourth-order valence-electron chi connectivity index (χ4n) is 5.35. The Kier molecular flexibility index (Phi) is 1.79. The Morgan fingerprint density at radius 3 is 2.73 bits per heavy atom. The van der Waals surface area contributed by atoms with E-state index in [1.165, 1.54) is 25.7 Å². The van der Waals surface area contributed by atoms with E-state index >= 15 is 0 Å². The first-order valence-electron chi connectivity index (χ1n) is 6.65. The smallest absolute Gasteiger partial charge is 0.0146 e. The first-order valence-corrected chi connectivity index (χ1v) is 6.65. The summed E-state index contributed by atoms with van der Waals surface area (Å²) in [6.07, 6.45) is 8.41. The van der Waals surface area contributed by atoms with Crippen LogP contribution >= 0.6 is 0 Å². The minimum absolute atomic E-state index is 0.571. The van der Waals surface area contributed by atoms with Gasteiger partial charge in [0.25, 0.3) is 0 Å². The Balaban J connectivity index is 2.11. The highest BCUT2D eigenvalue weighted by Gasteiger charge is 2.62. The van der Waals surface area contributed by atoms with Crippen molar-refractivity contribution in [3.8, 4) is 0 Å². The highest BCUT2D eigenvalue weighted by molar-refractivity contribution is 5.25. The minimum Gasteiger partial charge on any atom is -0.0847 e. The fraction of sp³-hybridized carbons (Fsp3) is 0.867. The van der Waals surface area contributed by atoms with Crippen molar-refractivity contribution in [3.05, 3.63) is 11.6 Å². The molecule has 3 rings (SSSR count). The third-order valence-electron chi connectivity index (χ3n) is 6.30. The number of fused-ring (bicyclic) bond motifs is 1. The average Bonchev–Trinajstić information content (AvgIpc) is 2.57. The van der Waals surface area contributed by atoms with Crippen molar-refractivity contribution in [2.24, 2.45) is 28.6 Å². The monoisotopic (exact) mass is 204 g/mol. The third-order valence-corrected chi connectivity index (χ3v) is 6.30. The molecule has 2 fully saturated rings. The molecule has 0 heterocycles. The molecule has 84 valence electrons. The Bertz CT molecular complexity index is 323. The molecule has 0 radical (unpaired) electrons. The standard InChI is InChI=1S/C15H24/c1-10-7-8-15-9-12(10)14(3,4)13(15)6-5-11(15)2/h7,11-13H,5-6,8-9H2,1-4H3/t11-,12-,13+,15+/m0/s1. The Morgan fingerprint density at radius 2 is 2.00 bits per heavy atom. The average molecular weight is 204 g/mol. The lowest BCUT2D eigenvalue weighted by Gasteiger charge is -2.36. The number of hydrogen-bond acceptors (Lipinski definition) is 0. The van der Waals surface area contributed by atoms with E-state index < -0.39 is 0 Å². The Hall–Kier alpha value is -0.260. The topological polar surface area (TPSA) is 0 Å². The van der Waals surface area contributed by atoms with E-state index in [9.17, 15) is 0 Å². The van der Waals surface area contributed by atoms with Crippen LogP contribution in [-0.4, -0.2) is 0 Å². The molecule has 1 spiro atoms. The molecule has 0 aromatic rings. The number of rotatable bonds is 0. The van der Waals surface area contributed by atoms with Gasteiger partial charge in [-0.25, -0.2) is 0 Å². The maximum atomic E-state index is 2.57. The lowest BCUT2D eigenvalue weighted by molar-refractivity contribution is 0.128. The SMILES string of the molecule is CC1=CC[C@]23C[C@@H]1C(C)(C)[C@H]2CC[C@@H]3C. The summed E-state index contributed by atoms with van der Waals surface area (Å²) in [4.78, 5) is 0. The quantitative estimate of drug-likeness (QED) is 0.513. The van der Waals surface area contributed by atoms with Crippen molar-refractivity contribution in [3.63, 3.8) is 0 Å². The van der Waals surface area contributed by atoms with Gasteiger partial charge in [-0.05, 0) is 61.2 Å². The van der Waals surface area contributed by atoms with Crippen molar-refractivity contribution in [1.29, 1.82) is 0 Å². The molecular formula is C15H24. The molecule has 0 unspecified atom stereocenters. The maximum Gasteiger partial charge on any atom is -0.0146 e. The van der Waals surface area contributed by atoms with Crippen LogP contribution in [0.5, 0.6) is 0 Å². The summed E-state index contributed by atoms with van der Waals surface area (Å²) < 4.78 is 0. The normalized spacial score (nSPS) is 51.5. The van der Waals surface area contributed by atoms with Gasteiger partial charge in [0, 0.05) is 0 Å². The second kappa shape index (κ2) is 2.70. The van der Waals surface area contributed by atoms with Crippen molar-refractivity contribution < 1.29 is 0 Å². The van der Waals surface area contributed by atoms with E-state index in [-0.39, 0.29) is 0 Å².